The maximum absolute atomic E-state index is 12.5. The summed E-state index contributed by atoms with van der Waals surface area (Å²) >= 11 is 3.41. The first-order valence-electron chi connectivity index (χ1n) is 6.35. The Labute approximate surface area is 113 Å². The van der Waals surface area contributed by atoms with Crippen molar-refractivity contribution < 1.29 is 18.0 Å². The number of nitrogens with zero attached hydrogens (tertiary/aromatic N) is 1. The Bertz CT molecular complexity index is 313. The fraction of sp³-hybridized carbons (Fsp3) is 0.917. The summed E-state index contributed by atoms with van der Waals surface area (Å²) in [5, 5.41) is 0. The van der Waals surface area contributed by atoms with Gasteiger partial charge in [0.05, 0.1) is 5.92 Å². The molecule has 1 aliphatic carbocycles. The van der Waals surface area contributed by atoms with Crippen molar-refractivity contribution in [3.8, 4) is 0 Å². The van der Waals surface area contributed by atoms with Gasteiger partial charge < -0.3 is 4.90 Å². The number of hydrogen-bond donors (Lipinski definition) is 0. The Morgan fingerprint density at radius 2 is 1.83 bits per heavy atom. The van der Waals surface area contributed by atoms with E-state index in [4.69, 9.17) is 0 Å². The van der Waals surface area contributed by atoms with E-state index < -0.39 is 12.1 Å². The first kappa shape index (κ1) is 14.2. The molecule has 6 heteroatoms. The second-order valence-electron chi connectivity index (χ2n) is 5.36. The maximum Gasteiger partial charge on any atom is 0.391 e. The molecule has 0 N–H and O–H groups in total. The third-order valence-electron chi connectivity index (χ3n) is 3.96. The Balaban J connectivity index is 1.79. The Hall–Kier alpha value is -0.260. The van der Waals surface area contributed by atoms with E-state index in [0.717, 1.165) is 0 Å². The molecule has 1 atom stereocenters. The molecule has 2 aliphatic rings. The quantitative estimate of drug-likeness (QED) is 0.712. The van der Waals surface area contributed by atoms with E-state index in [2.05, 4.69) is 15.9 Å². The van der Waals surface area contributed by atoms with E-state index in [1.165, 1.54) is 0 Å². The average molecular weight is 328 g/mol. The molecule has 2 nitrogen and oxygen atoms in total. The van der Waals surface area contributed by atoms with Gasteiger partial charge in [-0.3, -0.25) is 4.79 Å². The minimum Gasteiger partial charge on any atom is -0.341 e. The van der Waals surface area contributed by atoms with Crippen LogP contribution in [-0.4, -0.2) is 34.9 Å². The monoisotopic (exact) mass is 327 g/mol. The van der Waals surface area contributed by atoms with Crippen LogP contribution in [0.5, 0.6) is 0 Å². The van der Waals surface area contributed by atoms with Gasteiger partial charge in [-0.1, -0.05) is 15.9 Å². The first-order chi connectivity index (χ1) is 8.36. The first-order valence-corrected chi connectivity index (χ1v) is 7.26. The summed E-state index contributed by atoms with van der Waals surface area (Å²) in [4.78, 5) is 13.6. The van der Waals surface area contributed by atoms with Gasteiger partial charge in [-0.05, 0) is 31.6 Å². The van der Waals surface area contributed by atoms with E-state index in [-0.39, 0.29) is 29.5 Å². The number of amides is 1. The fourth-order valence-corrected chi connectivity index (χ4v) is 3.51. The zero-order valence-corrected chi connectivity index (χ0v) is 11.6. The van der Waals surface area contributed by atoms with Crippen LogP contribution in [0, 0.1) is 11.8 Å². The lowest BCUT2D eigenvalue weighted by Gasteiger charge is -2.32. The van der Waals surface area contributed by atoms with Crippen LogP contribution in [0.15, 0.2) is 0 Å². The van der Waals surface area contributed by atoms with E-state index >= 15 is 0 Å². The highest BCUT2D eigenvalue weighted by atomic mass is 79.9. The highest BCUT2D eigenvalue weighted by Crippen LogP contribution is 2.39. The number of likely N-dealkylation sites (tertiary alicyclic amines) is 1. The van der Waals surface area contributed by atoms with Crippen molar-refractivity contribution in [2.45, 2.75) is 43.1 Å². The average Bonchev–Trinajstić information content (AvgIpc) is 2.57. The van der Waals surface area contributed by atoms with Gasteiger partial charge in [0.1, 0.15) is 0 Å². The van der Waals surface area contributed by atoms with Crippen LogP contribution in [0.4, 0.5) is 13.2 Å². The molecule has 1 saturated heterocycles. The molecule has 0 radical (unpaired) electrons. The van der Waals surface area contributed by atoms with Gasteiger partial charge in [0.2, 0.25) is 5.91 Å². The lowest BCUT2D eigenvalue weighted by molar-refractivity contribution is -0.184. The summed E-state index contributed by atoms with van der Waals surface area (Å²) < 4.78 is 37.5. The third-order valence-corrected chi connectivity index (χ3v) is 4.57. The van der Waals surface area contributed by atoms with Crippen LogP contribution in [0.2, 0.25) is 0 Å². The summed E-state index contributed by atoms with van der Waals surface area (Å²) in [5.74, 6) is -0.771. The molecule has 2 fully saturated rings. The summed E-state index contributed by atoms with van der Waals surface area (Å²) in [6, 6.07) is 0. The lowest BCUT2D eigenvalue weighted by Crippen LogP contribution is -2.35. The summed E-state index contributed by atoms with van der Waals surface area (Å²) in [7, 11) is 0. The van der Waals surface area contributed by atoms with Crippen LogP contribution < -0.4 is 0 Å². The lowest BCUT2D eigenvalue weighted by atomic mass is 9.81. The minimum absolute atomic E-state index is 0.120. The van der Waals surface area contributed by atoms with Crippen LogP contribution in [0.25, 0.3) is 0 Å². The standard InChI is InChI=1S/C12H17BrF3NO/c13-10-5-11(18)17(7-10)6-8-1-3-9(4-2-8)12(14,15)16/h8-10H,1-7H2. The van der Waals surface area contributed by atoms with Gasteiger partial charge in [-0.15, -0.1) is 0 Å². The third kappa shape index (κ3) is 3.39. The summed E-state index contributed by atoms with van der Waals surface area (Å²) in [5.41, 5.74) is 0. The molecule has 1 aliphatic heterocycles. The van der Waals surface area contributed by atoms with Gasteiger partial charge in [-0.2, -0.15) is 13.2 Å². The van der Waals surface area contributed by atoms with Crippen molar-refractivity contribution >= 4 is 21.8 Å². The fourth-order valence-electron chi connectivity index (χ4n) is 2.88. The molecule has 0 bridgehead atoms. The molecule has 2 rings (SSSR count). The van der Waals surface area contributed by atoms with Crippen molar-refractivity contribution in [2.24, 2.45) is 11.8 Å². The Morgan fingerprint density at radius 3 is 2.28 bits per heavy atom. The number of rotatable bonds is 2. The highest BCUT2D eigenvalue weighted by molar-refractivity contribution is 9.09. The molecule has 1 saturated carbocycles. The van der Waals surface area contributed by atoms with Crippen molar-refractivity contribution in [2.75, 3.05) is 13.1 Å². The molecular formula is C12H17BrF3NO. The second kappa shape index (κ2) is 5.39. The van der Waals surface area contributed by atoms with Crippen molar-refractivity contribution in [1.29, 1.82) is 0 Å². The van der Waals surface area contributed by atoms with Gasteiger partial charge in [0.25, 0.3) is 0 Å². The van der Waals surface area contributed by atoms with Gasteiger partial charge in [0, 0.05) is 24.3 Å². The molecule has 104 valence electrons. The number of hydrogen-bond acceptors (Lipinski definition) is 1. The van der Waals surface area contributed by atoms with E-state index in [1.807, 2.05) is 0 Å². The van der Waals surface area contributed by atoms with E-state index in [0.29, 0.717) is 32.4 Å². The van der Waals surface area contributed by atoms with Crippen LogP contribution in [-0.2, 0) is 4.79 Å². The molecule has 1 unspecified atom stereocenters. The Kier molecular flexibility index (Phi) is 4.24. The van der Waals surface area contributed by atoms with Crippen LogP contribution in [0.3, 0.4) is 0 Å². The van der Waals surface area contributed by atoms with E-state index in [1.54, 1.807) is 4.90 Å². The molecule has 1 amide bonds. The summed E-state index contributed by atoms with van der Waals surface area (Å²) in [6.45, 7) is 1.32. The number of halogens is 4. The largest absolute Gasteiger partial charge is 0.391 e. The van der Waals surface area contributed by atoms with Gasteiger partial charge >= 0.3 is 6.18 Å². The Morgan fingerprint density at radius 1 is 1.22 bits per heavy atom. The second-order valence-corrected chi connectivity index (χ2v) is 6.65. The maximum atomic E-state index is 12.5. The van der Waals surface area contributed by atoms with Crippen molar-refractivity contribution in [3.05, 3.63) is 0 Å². The number of carbonyl (C=O) groups is 1. The normalized spacial score (nSPS) is 34.1. The molecule has 1 heterocycles. The minimum atomic E-state index is -4.05. The highest BCUT2D eigenvalue weighted by Gasteiger charge is 2.42. The topological polar surface area (TPSA) is 20.3 Å². The molecular weight excluding hydrogens is 311 g/mol. The van der Waals surface area contributed by atoms with E-state index in [9.17, 15) is 18.0 Å². The predicted octanol–water partition coefficient (Wildman–Crippen LogP) is 3.35. The van der Waals surface area contributed by atoms with Crippen molar-refractivity contribution in [1.82, 2.24) is 4.90 Å². The van der Waals surface area contributed by atoms with Gasteiger partial charge in [0.15, 0.2) is 0 Å². The van der Waals surface area contributed by atoms with Crippen molar-refractivity contribution in [3.63, 3.8) is 0 Å². The molecule has 0 spiro atoms. The zero-order chi connectivity index (χ0) is 13.3. The number of alkyl halides is 4. The molecule has 18 heavy (non-hydrogen) atoms. The predicted molar refractivity (Wildman–Crippen MR) is 65.4 cm³/mol. The van der Waals surface area contributed by atoms with Crippen LogP contribution in [0.1, 0.15) is 32.1 Å². The SMILES string of the molecule is O=C1CC(Br)CN1CC1CCC(C(F)(F)F)CC1. The molecule has 0 aromatic carbocycles. The van der Waals surface area contributed by atoms with Gasteiger partial charge in [-0.25, -0.2) is 0 Å². The summed E-state index contributed by atoms with van der Waals surface area (Å²) in [6.07, 6.45) is -1.93. The smallest absolute Gasteiger partial charge is 0.341 e. The van der Waals surface area contributed by atoms with Crippen LogP contribution >= 0.6 is 15.9 Å². The molecule has 0 aromatic rings. The molecule has 0 aromatic heterocycles. The zero-order valence-electron chi connectivity index (χ0n) is 10.0. The number of carbonyl (C=O) groups excluding carboxylic acids is 1.